The first-order valence-electron chi connectivity index (χ1n) is 6.34. The summed E-state index contributed by atoms with van der Waals surface area (Å²) >= 11 is 0. The van der Waals surface area contributed by atoms with Crippen LogP contribution in [0.5, 0.6) is 0 Å². The highest BCUT2D eigenvalue weighted by molar-refractivity contribution is 5.02. The number of aliphatic hydroxyl groups is 1. The van der Waals surface area contributed by atoms with Gasteiger partial charge in [-0.15, -0.1) is 0 Å². The zero-order valence-electron chi connectivity index (χ0n) is 10.1. The van der Waals surface area contributed by atoms with Crippen molar-refractivity contribution in [3.8, 4) is 0 Å². The lowest BCUT2D eigenvalue weighted by molar-refractivity contribution is 0.289. The first-order valence-corrected chi connectivity index (χ1v) is 6.34. The summed E-state index contributed by atoms with van der Waals surface area (Å²) in [5.74, 6) is 0. The van der Waals surface area contributed by atoms with Crippen LogP contribution in [0.4, 0.5) is 0 Å². The maximum absolute atomic E-state index is 8.56. The fraction of sp³-hybridized carbons (Fsp3) is 0.714. The van der Waals surface area contributed by atoms with Crippen LogP contribution in [-0.2, 0) is 0 Å². The Labute approximate surface area is 94.9 Å². The third-order valence-corrected chi connectivity index (χ3v) is 2.39. The van der Waals surface area contributed by atoms with Crippen molar-refractivity contribution in [1.29, 1.82) is 0 Å². The van der Waals surface area contributed by atoms with Crippen LogP contribution < -0.4 is 0 Å². The van der Waals surface area contributed by atoms with Crippen molar-refractivity contribution in [2.75, 3.05) is 6.61 Å². The molecule has 0 bridgehead atoms. The van der Waals surface area contributed by atoms with E-state index in [0.717, 1.165) is 12.8 Å². The highest BCUT2D eigenvalue weighted by Crippen LogP contribution is 2.05. The zero-order valence-corrected chi connectivity index (χ0v) is 10.1. The predicted molar refractivity (Wildman–Crippen MR) is 68.0 cm³/mol. The summed E-state index contributed by atoms with van der Waals surface area (Å²) in [6.07, 6.45) is 18.4. The van der Waals surface area contributed by atoms with Crippen molar-refractivity contribution in [3.05, 3.63) is 24.3 Å². The van der Waals surface area contributed by atoms with Gasteiger partial charge in [0.15, 0.2) is 0 Å². The van der Waals surface area contributed by atoms with Crippen LogP contribution in [-0.4, -0.2) is 11.7 Å². The van der Waals surface area contributed by atoms with E-state index in [9.17, 15) is 0 Å². The molecule has 0 aliphatic carbocycles. The van der Waals surface area contributed by atoms with Crippen LogP contribution in [0.2, 0.25) is 0 Å². The molecule has 1 N–H and O–H groups in total. The number of allylic oxidation sites excluding steroid dienone is 4. The molecular formula is C14H26O. The van der Waals surface area contributed by atoms with Gasteiger partial charge in [0.05, 0.1) is 0 Å². The van der Waals surface area contributed by atoms with Gasteiger partial charge in [0.2, 0.25) is 0 Å². The minimum absolute atomic E-state index is 0.297. The van der Waals surface area contributed by atoms with Gasteiger partial charge in [-0.1, -0.05) is 56.9 Å². The first kappa shape index (κ1) is 14.4. The molecular weight excluding hydrogens is 184 g/mol. The molecule has 0 amide bonds. The second kappa shape index (κ2) is 13.4. The van der Waals surface area contributed by atoms with E-state index in [1.54, 1.807) is 0 Å². The number of aliphatic hydroxyl groups excluding tert-OH is 1. The quantitative estimate of drug-likeness (QED) is 0.422. The van der Waals surface area contributed by atoms with Crippen LogP contribution in [0.1, 0.15) is 58.3 Å². The lowest BCUT2D eigenvalue weighted by atomic mass is 10.1. The van der Waals surface area contributed by atoms with Crippen LogP contribution in [0.25, 0.3) is 0 Å². The van der Waals surface area contributed by atoms with E-state index in [2.05, 4.69) is 31.2 Å². The van der Waals surface area contributed by atoms with E-state index in [4.69, 9.17) is 5.11 Å². The summed E-state index contributed by atoms with van der Waals surface area (Å²) in [5, 5.41) is 8.56. The highest BCUT2D eigenvalue weighted by Gasteiger charge is 1.85. The van der Waals surface area contributed by atoms with Gasteiger partial charge in [0.1, 0.15) is 0 Å². The molecule has 0 rings (SSSR count). The van der Waals surface area contributed by atoms with E-state index in [0.29, 0.717) is 6.61 Å². The summed E-state index contributed by atoms with van der Waals surface area (Å²) in [5.41, 5.74) is 0. The molecule has 0 aliphatic heterocycles. The van der Waals surface area contributed by atoms with Gasteiger partial charge in [-0.2, -0.15) is 0 Å². The van der Waals surface area contributed by atoms with Crippen molar-refractivity contribution < 1.29 is 5.11 Å². The second-order valence-corrected chi connectivity index (χ2v) is 3.93. The molecule has 1 nitrogen and oxygen atoms in total. The Morgan fingerprint density at radius 1 is 0.800 bits per heavy atom. The molecule has 0 aromatic rings. The Bertz CT molecular complexity index is 159. The predicted octanol–water partition coefficient (Wildman–Crippen LogP) is 4.23. The molecule has 0 fully saturated rings. The van der Waals surface area contributed by atoms with E-state index in [1.165, 1.54) is 38.5 Å². The van der Waals surface area contributed by atoms with Crippen LogP contribution >= 0.6 is 0 Å². The van der Waals surface area contributed by atoms with E-state index < -0.39 is 0 Å². The Balaban J connectivity index is 3.13. The summed E-state index contributed by atoms with van der Waals surface area (Å²) in [6, 6.07) is 0. The van der Waals surface area contributed by atoms with Crippen LogP contribution in [0, 0.1) is 0 Å². The fourth-order valence-corrected chi connectivity index (χ4v) is 1.42. The van der Waals surface area contributed by atoms with E-state index in [1.807, 2.05) is 0 Å². The van der Waals surface area contributed by atoms with Gasteiger partial charge >= 0.3 is 0 Å². The number of unbranched alkanes of at least 4 members (excludes halogenated alkanes) is 6. The fourth-order valence-electron chi connectivity index (χ4n) is 1.42. The summed E-state index contributed by atoms with van der Waals surface area (Å²) in [6.45, 7) is 2.54. The average Bonchev–Trinajstić information content (AvgIpc) is 2.26. The minimum atomic E-state index is 0.297. The summed E-state index contributed by atoms with van der Waals surface area (Å²) in [4.78, 5) is 0. The highest BCUT2D eigenvalue weighted by atomic mass is 16.2. The zero-order chi connectivity index (χ0) is 11.2. The molecule has 0 saturated heterocycles. The normalized spacial score (nSPS) is 11.9. The molecule has 88 valence electrons. The summed E-state index contributed by atoms with van der Waals surface area (Å²) < 4.78 is 0. The number of hydrogen-bond donors (Lipinski definition) is 1. The largest absolute Gasteiger partial charge is 0.396 e. The van der Waals surface area contributed by atoms with Crippen molar-refractivity contribution in [2.45, 2.75) is 58.3 Å². The Kier molecular flexibility index (Phi) is 12.9. The van der Waals surface area contributed by atoms with Crippen molar-refractivity contribution in [3.63, 3.8) is 0 Å². The molecule has 0 spiro atoms. The molecule has 0 aromatic heterocycles. The maximum atomic E-state index is 8.56. The molecule has 0 saturated carbocycles. The smallest absolute Gasteiger partial charge is 0.0433 e. The minimum Gasteiger partial charge on any atom is -0.396 e. The number of rotatable bonds is 10. The monoisotopic (exact) mass is 210 g/mol. The second-order valence-electron chi connectivity index (χ2n) is 3.93. The molecule has 0 aromatic carbocycles. The maximum Gasteiger partial charge on any atom is 0.0433 e. The SMILES string of the molecule is CCCCCCC/C=C\C=C/CCCO. The number of hydrogen-bond acceptors (Lipinski definition) is 1. The Morgan fingerprint density at radius 2 is 1.40 bits per heavy atom. The molecule has 0 radical (unpaired) electrons. The van der Waals surface area contributed by atoms with E-state index in [-0.39, 0.29) is 0 Å². The first-order chi connectivity index (χ1) is 7.41. The molecule has 0 heterocycles. The van der Waals surface area contributed by atoms with Gasteiger partial charge in [-0.3, -0.25) is 0 Å². The van der Waals surface area contributed by atoms with E-state index >= 15 is 0 Å². The standard InChI is InChI=1S/C14H26O/c1-2-3-4-5-6-7-8-9-10-11-12-13-14-15/h8-11,15H,2-7,12-14H2,1H3/b9-8-,11-10-. The lowest BCUT2D eigenvalue weighted by Gasteiger charge is -1.95. The molecule has 15 heavy (non-hydrogen) atoms. The Hall–Kier alpha value is -0.560. The summed E-state index contributed by atoms with van der Waals surface area (Å²) in [7, 11) is 0. The Morgan fingerprint density at radius 3 is 2.00 bits per heavy atom. The molecule has 0 atom stereocenters. The molecule has 0 aliphatic rings. The third-order valence-electron chi connectivity index (χ3n) is 2.39. The molecule has 0 unspecified atom stereocenters. The molecule has 1 heteroatoms. The van der Waals surface area contributed by atoms with Crippen LogP contribution in [0.15, 0.2) is 24.3 Å². The van der Waals surface area contributed by atoms with Gasteiger partial charge in [0, 0.05) is 6.61 Å². The van der Waals surface area contributed by atoms with Gasteiger partial charge in [-0.05, 0) is 25.7 Å². The van der Waals surface area contributed by atoms with Crippen molar-refractivity contribution >= 4 is 0 Å². The third kappa shape index (κ3) is 13.4. The average molecular weight is 210 g/mol. The topological polar surface area (TPSA) is 20.2 Å². The van der Waals surface area contributed by atoms with Crippen molar-refractivity contribution in [1.82, 2.24) is 0 Å². The lowest BCUT2D eigenvalue weighted by Crippen LogP contribution is -1.77. The van der Waals surface area contributed by atoms with Crippen LogP contribution in [0.3, 0.4) is 0 Å². The van der Waals surface area contributed by atoms with Gasteiger partial charge in [0.25, 0.3) is 0 Å². The van der Waals surface area contributed by atoms with Gasteiger partial charge < -0.3 is 5.11 Å². The van der Waals surface area contributed by atoms with Crippen molar-refractivity contribution in [2.24, 2.45) is 0 Å². The van der Waals surface area contributed by atoms with Gasteiger partial charge in [-0.25, -0.2) is 0 Å².